The second-order valence-corrected chi connectivity index (χ2v) is 6.46. The molecule has 0 atom stereocenters. The van der Waals surface area contributed by atoms with Crippen LogP contribution in [0.25, 0.3) is 0 Å². The van der Waals surface area contributed by atoms with Gasteiger partial charge in [0, 0.05) is 18.4 Å². The van der Waals surface area contributed by atoms with Crippen molar-refractivity contribution >= 4 is 5.91 Å². The zero-order valence-electron chi connectivity index (χ0n) is 14.3. The van der Waals surface area contributed by atoms with E-state index in [0.29, 0.717) is 19.4 Å². The largest absolute Gasteiger partial charge is 0.494 e. The SMILES string of the molecule is CCOc1ccccc1CCC(=O)NCC1(c2ccccc2)CC1. The monoisotopic (exact) mass is 323 g/mol. The van der Waals surface area contributed by atoms with Gasteiger partial charge in [0.2, 0.25) is 5.91 Å². The van der Waals surface area contributed by atoms with Gasteiger partial charge in [0.1, 0.15) is 5.75 Å². The number of aryl methyl sites for hydroxylation is 1. The lowest BCUT2D eigenvalue weighted by molar-refractivity contribution is -0.121. The number of rotatable bonds is 8. The Morgan fingerprint density at radius 3 is 2.50 bits per heavy atom. The second-order valence-electron chi connectivity index (χ2n) is 6.46. The molecular weight excluding hydrogens is 298 g/mol. The van der Waals surface area contributed by atoms with Gasteiger partial charge < -0.3 is 10.1 Å². The molecule has 0 aliphatic heterocycles. The lowest BCUT2D eigenvalue weighted by Gasteiger charge is -2.17. The van der Waals surface area contributed by atoms with Crippen molar-refractivity contribution in [1.29, 1.82) is 0 Å². The number of nitrogens with one attached hydrogen (secondary N) is 1. The summed E-state index contributed by atoms with van der Waals surface area (Å²) in [6.45, 7) is 3.36. The molecule has 1 fully saturated rings. The minimum Gasteiger partial charge on any atom is -0.494 e. The van der Waals surface area contributed by atoms with E-state index in [2.05, 4.69) is 29.6 Å². The molecule has 126 valence electrons. The quantitative estimate of drug-likeness (QED) is 0.801. The Hall–Kier alpha value is -2.29. The Balaban J connectivity index is 1.50. The maximum Gasteiger partial charge on any atom is 0.220 e. The summed E-state index contributed by atoms with van der Waals surface area (Å²) in [6, 6.07) is 18.5. The average Bonchev–Trinajstić information content (AvgIpc) is 3.41. The van der Waals surface area contributed by atoms with Crippen molar-refractivity contribution in [3.63, 3.8) is 0 Å². The molecule has 2 aromatic carbocycles. The minimum atomic E-state index is 0.114. The summed E-state index contributed by atoms with van der Waals surface area (Å²) in [5, 5.41) is 3.13. The third kappa shape index (κ3) is 3.97. The lowest BCUT2D eigenvalue weighted by Crippen LogP contribution is -2.32. The molecule has 3 heteroatoms. The van der Waals surface area contributed by atoms with E-state index in [1.54, 1.807) is 0 Å². The van der Waals surface area contributed by atoms with Gasteiger partial charge in [-0.25, -0.2) is 0 Å². The number of benzene rings is 2. The fourth-order valence-electron chi connectivity index (χ4n) is 3.12. The summed E-state index contributed by atoms with van der Waals surface area (Å²) in [6.07, 6.45) is 3.52. The number of carbonyl (C=O) groups is 1. The first-order valence-corrected chi connectivity index (χ1v) is 8.76. The molecular formula is C21H25NO2. The van der Waals surface area contributed by atoms with Crippen LogP contribution >= 0.6 is 0 Å². The smallest absolute Gasteiger partial charge is 0.220 e. The van der Waals surface area contributed by atoms with Crippen molar-refractivity contribution in [2.75, 3.05) is 13.2 Å². The molecule has 0 aromatic heterocycles. The third-order valence-electron chi connectivity index (χ3n) is 4.76. The molecule has 0 bridgehead atoms. The molecule has 3 nitrogen and oxygen atoms in total. The minimum absolute atomic E-state index is 0.114. The van der Waals surface area contributed by atoms with Gasteiger partial charge in [-0.05, 0) is 43.4 Å². The first kappa shape index (κ1) is 16.6. The van der Waals surface area contributed by atoms with Crippen LogP contribution in [-0.2, 0) is 16.6 Å². The van der Waals surface area contributed by atoms with Gasteiger partial charge in [-0.1, -0.05) is 48.5 Å². The predicted molar refractivity (Wildman–Crippen MR) is 96.3 cm³/mol. The maximum atomic E-state index is 12.2. The molecule has 0 saturated heterocycles. The summed E-state index contributed by atoms with van der Waals surface area (Å²) < 4.78 is 5.62. The molecule has 1 N–H and O–H groups in total. The summed E-state index contributed by atoms with van der Waals surface area (Å²) in [5.74, 6) is 0.999. The van der Waals surface area contributed by atoms with E-state index in [0.717, 1.165) is 30.7 Å². The van der Waals surface area contributed by atoms with Gasteiger partial charge >= 0.3 is 0 Å². The Morgan fingerprint density at radius 2 is 1.79 bits per heavy atom. The lowest BCUT2D eigenvalue weighted by atomic mass is 9.96. The van der Waals surface area contributed by atoms with Crippen LogP contribution in [0, 0.1) is 0 Å². The van der Waals surface area contributed by atoms with E-state index >= 15 is 0 Å². The van der Waals surface area contributed by atoms with Gasteiger partial charge in [-0.15, -0.1) is 0 Å². The number of carbonyl (C=O) groups excluding carboxylic acids is 1. The van der Waals surface area contributed by atoms with Crippen LogP contribution in [0.15, 0.2) is 54.6 Å². The van der Waals surface area contributed by atoms with Crippen LogP contribution in [0.2, 0.25) is 0 Å². The Morgan fingerprint density at radius 1 is 1.08 bits per heavy atom. The van der Waals surface area contributed by atoms with Crippen LogP contribution < -0.4 is 10.1 Å². The molecule has 1 aliphatic rings. The van der Waals surface area contributed by atoms with Gasteiger partial charge in [0.25, 0.3) is 0 Å². The average molecular weight is 323 g/mol. The van der Waals surface area contributed by atoms with Gasteiger partial charge in [0.05, 0.1) is 6.61 Å². The normalized spacial score (nSPS) is 14.9. The van der Waals surface area contributed by atoms with Gasteiger partial charge in [0.15, 0.2) is 0 Å². The standard InChI is InChI=1S/C21H25NO2/c1-2-24-19-11-7-6-8-17(19)12-13-20(23)22-16-21(14-15-21)18-9-4-3-5-10-18/h3-11H,2,12-16H2,1H3,(H,22,23). The molecule has 0 heterocycles. The predicted octanol–water partition coefficient (Wildman–Crippen LogP) is 3.87. The summed E-state index contributed by atoms with van der Waals surface area (Å²) in [7, 11) is 0. The van der Waals surface area contributed by atoms with Crippen LogP contribution in [0.1, 0.15) is 37.3 Å². The molecule has 1 amide bonds. The summed E-state index contributed by atoms with van der Waals surface area (Å²) in [5.41, 5.74) is 2.60. The highest BCUT2D eigenvalue weighted by Crippen LogP contribution is 2.47. The molecule has 0 radical (unpaired) electrons. The number of amides is 1. The number of para-hydroxylation sites is 1. The van der Waals surface area contributed by atoms with E-state index < -0.39 is 0 Å². The number of ether oxygens (including phenoxy) is 1. The Labute approximate surface area is 144 Å². The zero-order chi connectivity index (χ0) is 16.8. The van der Waals surface area contributed by atoms with Crippen molar-refractivity contribution in [2.45, 2.75) is 38.0 Å². The van der Waals surface area contributed by atoms with Gasteiger partial charge in [-0.3, -0.25) is 4.79 Å². The van der Waals surface area contributed by atoms with Crippen molar-refractivity contribution < 1.29 is 9.53 Å². The second kappa shape index (κ2) is 7.52. The van der Waals surface area contributed by atoms with Crippen molar-refractivity contribution in [1.82, 2.24) is 5.32 Å². The van der Waals surface area contributed by atoms with Crippen LogP contribution in [-0.4, -0.2) is 19.1 Å². The molecule has 24 heavy (non-hydrogen) atoms. The van der Waals surface area contributed by atoms with Crippen molar-refractivity contribution in [2.24, 2.45) is 0 Å². The number of hydrogen-bond donors (Lipinski definition) is 1. The first-order valence-electron chi connectivity index (χ1n) is 8.76. The molecule has 1 saturated carbocycles. The Kier molecular flexibility index (Phi) is 5.19. The van der Waals surface area contributed by atoms with Crippen LogP contribution in [0.5, 0.6) is 5.75 Å². The molecule has 0 spiro atoms. The molecule has 1 aliphatic carbocycles. The van der Waals surface area contributed by atoms with Gasteiger partial charge in [-0.2, -0.15) is 0 Å². The van der Waals surface area contributed by atoms with E-state index in [-0.39, 0.29) is 11.3 Å². The molecule has 3 rings (SSSR count). The first-order chi connectivity index (χ1) is 11.7. The Bertz CT molecular complexity index is 677. The summed E-state index contributed by atoms with van der Waals surface area (Å²) in [4.78, 5) is 12.2. The maximum absolute atomic E-state index is 12.2. The van der Waals surface area contributed by atoms with Crippen LogP contribution in [0.3, 0.4) is 0 Å². The molecule has 2 aromatic rings. The van der Waals surface area contributed by atoms with E-state index in [9.17, 15) is 4.79 Å². The molecule has 0 unspecified atom stereocenters. The topological polar surface area (TPSA) is 38.3 Å². The fraction of sp³-hybridized carbons (Fsp3) is 0.381. The van der Waals surface area contributed by atoms with Crippen molar-refractivity contribution in [3.05, 3.63) is 65.7 Å². The van der Waals surface area contributed by atoms with E-state index in [4.69, 9.17) is 4.74 Å². The van der Waals surface area contributed by atoms with Crippen LogP contribution in [0.4, 0.5) is 0 Å². The third-order valence-corrected chi connectivity index (χ3v) is 4.76. The van der Waals surface area contributed by atoms with E-state index in [1.807, 2.05) is 37.3 Å². The highest BCUT2D eigenvalue weighted by Gasteiger charge is 2.44. The van der Waals surface area contributed by atoms with Crippen molar-refractivity contribution in [3.8, 4) is 5.75 Å². The highest BCUT2D eigenvalue weighted by molar-refractivity contribution is 5.76. The zero-order valence-corrected chi connectivity index (χ0v) is 14.3. The highest BCUT2D eigenvalue weighted by atomic mass is 16.5. The van der Waals surface area contributed by atoms with E-state index in [1.165, 1.54) is 5.56 Å². The number of hydrogen-bond acceptors (Lipinski definition) is 2. The summed E-state index contributed by atoms with van der Waals surface area (Å²) >= 11 is 0. The fourth-order valence-corrected chi connectivity index (χ4v) is 3.12.